The molecule has 0 fully saturated rings. The van der Waals surface area contributed by atoms with Crippen LogP contribution in [-0.4, -0.2) is 0 Å². The van der Waals surface area contributed by atoms with Crippen molar-refractivity contribution in [1.82, 2.24) is 0 Å². The quantitative estimate of drug-likeness (QED) is 0.187. The summed E-state index contributed by atoms with van der Waals surface area (Å²) in [4.78, 5) is 2.37. The van der Waals surface area contributed by atoms with E-state index in [4.69, 9.17) is 8.83 Å². The molecule has 1 aliphatic carbocycles. The molecule has 0 bridgehead atoms. The van der Waals surface area contributed by atoms with E-state index < -0.39 is 0 Å². The average molecular weight is 668 g/mol. The molecule has 0 saturated carbocycles. The van der Waals surface area contributed by atoms with Gasteiger partial charge in [-0.1, -0.05) is 123 Å². The first kappa shape index (κ1) is 29.2. The molecule has 0 aliphatic heterocycles. The van der Waals surface area contributed by atoms with Crippen LogP contribution in [0, 0.1) is 0 Å². The van der Waals surface area contributed by atoms with Crippen LogP contribution in [0.3, 0.4) is 0 Å². The zero-order valence-electron chi connectivity index (χ0n) is 28.9. The van der Waals surface area contributed by atoms with Crippen LogP contribution >= 0.6 is 0 Å². The highest BCUT2D eigenvalue weighted by Crippen LogP contribution is 2.52. The molecule has 0 radical (unpaired) electrons. The highest BCUT2D eigenvalue weighted by Gasteiger charge is 2.36. The summed E-state index contributed by atoms with van der Waals surface area (Å²) < 4.78 is 13.6. The van der Waals surface area contributed by atoms with Crippen LogP contribution in [0.1, 0.15) is 25.0 Å². The van der Waals surface area contributed by atoms with Crippen molar-refractivity contribution in [2.45, 2.75) is 19.3 Å². The van der Waals surface area contributed by atoms with E-state index in [-0.39, 0.29) is 5.41 Å². The van der Waals surface area contributed by atoms with Gasteiger partial charge in [-0.15, -0.1) is 0 Å². The molecular weight excluding hydrogens is 635 g/mol. The number of hydrogen-bond donors (Lipinski definition) is 0. The average Bonchev–Trinajstić information content (AvgIpc) is 3.83. The fourth-order valence-corrected chi connectivity index (χ4v) is 8.66. The highest BCUT2D eigenvalue weighted by molar-refractivity contribution is 6.18. The van der Waals surface area contributed by atoms with E-state index in [1.807, 2.05) is 12.1 Å². The Kier molecular flexibility index (Phi) is 6.01. The van der Waals surface area contributed by atoms with E-state index >= 15 is 0 Å². The molecule has 8 aromatic carbocycles. The predicted molar refractivity (Wildman–Crippen MR) is 216 cm³/mol. The number of rotatable bonds is 4. The van der Waals surface area contributed by atoms with Crippen LogP contribution in [0.25, 0.3) is 76.9 Å². The van der Waals surface area contributed by atoms with Gasteiger partial charge in [0, 0.05) is 44.1 Å². The minimum Gasteiger partial charge on any atom is -0.456 e. The third-order valence-corrected chi connectivity index (χ3v) is 11.2. The van der Waals surface area contributed by atoms with Crippen molar-refractivity contribution in [2.24, 2.45) is 0 Å². The summed E-state index contributed by atoms with van der Waals surface area (Å²) >= 11 is 0. The molecule has 0 atom stereocenters. The normalized spacial score (nSPS) is 13.3. The second-order valence-corrected chi connectivity index (χ2v) is 14.5. The summed E-state index contributed by atoms with van der Waals surface area (Å²) in [5.41, 5.74) is 13.9. The van der Waals surface area contributed by atoms with Gasteiger partial charge in [-0.25, -0.2) is 0 Å². The van der Waals surface area contributed by atoms with E-state index in [0.29, 0.717) is 0 Å². The van der Waals surface area contributed by atoms with Crippen LogP contribution in [0.4, 0.5) is 17.1 Å². The lowest BCUT2D eigenvalue weighted by Gasteiger charge is -2.28. The molecule has 0 unspecified atom stereocenters. The molecule has 0 amide bonds. The molecule has 0 saturated heterocycles. The molecule has 246 valence electrons. The number of fused-ring (bicyclic) bond motifs is 11. The molecule has 3 heteroatoms. The number of nitrogens with zero attached hydrogens (tertiary/aromatic N) is 1. The molecule has 0 N–H and O–H groups in total. The third-order valence-electron chi connectivity index (χ3n) is 11.2. The minimum atomic E-state index is -0.157. The maximum absolute atomic E-state index is 7.07. The van der Waals surface area contributed by atoms with Gasteiger partial charge in [0.2, 0.25) is 0 Å². The topological polar surface area (TPSA) is 29.5 Å². The van der Waals surface area contributed by atoms with Gasteiger partial charge in [0.05, 0.1) is 11.4 Å². The van der Waals surface area contributed by atoms with E-state index in [1.54, 1.807) is 0 Å². The molecule has 52 heavy (non-hydrogen) atoms. The van der Waals surface area contributed by atoms with Crippen molar-refractivity contribution in [3.63, 3.8) is 0 Å². The number of benzene rings is 8. The van der Waals surface area contributed by atoms with Crippen LogP contribution in [0.2, 0.25) is 0 Å². The first-order valence-corrected chi connectivity index (χ1v) is 17.9. The largest absolute Gasteiger partial charge is 0.456 e. The van der Waals surface area contributed by atoms with Gasteiger partial charge in [0.1, 0.15) is 16.7 Å². The molecule has 0 spiro atoms. The van der Waals surface area contributed by atoms with Crippen molar-refractivity contribution in [3.8, 4) is 22.3 Å². The van der Waals surface area contributed by atoms with Gasteiger partial charge in [0.25, 0.3) is 0 Å². The van der Waals surface area contributed by atoms with Gasteiger partial charge in [-0.05, 0) is 87.3 Å². The maximum atomic E-state index is 7.07. The van der Waals surface area contributed by atoms with Crippen molar-refractivity contribution in [1.29, 1.82) is 0 Å². The maximum Gasteiger partial charge on any atom is 0.159 e. The Hall–Kier alpha value is -6.58. The zero-order chi connectivity index (χ0) is 34.6. The van der Waals surface area contributed by atoms with Gasteiger partial charge < -0.3 is 13.7 Å². The summed E-state index contributed by atoms with van der Waals surface area (Å²) in [6.45, 7) is 4.68. The molecular formula is C49H33NO2. The second-order valence-electron chi connectivity index (χ2n) is 14.5. The SMILES string of the molecule is CC1(C)c2ccccc2-c2ccc(N(c3ccc4c(c3)oc3ccccc34)c3cc(-c4ccccc4)cc4c3oc3c5ccccc5ccc43)cc21. The minimum absolute atomic E-state index is 0.157. The number of anilines is 3. The molecule has 3 nitrogen and oxygen atoms in total. The molecule has 10 aromatic rings. The fraction of sp³-hybridized carbons (Fsp3) is 0.0612. The van der Waals surface area contributed by atoms with E-state index in [0.717, 1.165) is 82.8 Å². The van der Waals surface area contributed by atoms with Gasteiger partial charge >= 0.3 is 0 Å². The van der Waals surface area contributed by atoms with Crippen molar-refractivity contribution in [3.05, 3.63) is 175 Å². The van der Waals surface area contributed by atoms with E-state index in [9.17, 15) is 0 Å². The third kappa shape index (κ3) is 4.14. The number of furan rings is 2. The highest BCUT2D eigenvalue weighted by atomic mass is 16.3. The zero-order valence-corrected chi connectivity index (χ0v) is 28.9. The van der Waals surface area contributed by atoms with E-state index in [2.05, 4.69) is 170 Å². The molecule has 2 aromatic heterocycles. The molecule has 11 rings (SSSR count). The van der Waals surface area contributed by atoms with E-state index in [1.165, 1.54) is 22.3 Å². The lowest BCUT2D eigenvalue weighted by atomic mass is 9.82. The Bertz CT molecular complexity index is 3050. The predicted octanol–water partition coefficient (Wildman–Crippen LogP) is 14.1. The molecule has 1 aliphatic rings. The Morgan fingerprint density at radius 3 is 2.02 bits per heavy atom. The standard InChI is InChI=1S/C49H33NO2/c1-49(2)42-18-10-8-16-36(42)37-24-21-33(28-43(37)49)50(34-22-25-39-38-17-9-11-19-45(38)51-46(39)29-34)44-27-32(30-12-4-3-5-13-30)26-41-40-23-20-31-14-6-7-15-35(31)47(40)52-48(41)44/h3-29H,1-2H3. The summed E-state index contributed by atoms with van der Waals surface area (Å²) in [5, 5.41) is 6.67. The van der Waals surface area contributed by atoms with Crippen molar-refractivity contribution in [2.75, 3.05) is 4.90 Å². The lowest BCUT2D eigenvalue weighted by Crippen LogP contribution is -2.16. The van der Waals surface area contributed by atoms with Gasteiger partial charge in [-0.2, -0.15) is 0 Å². The number of hydrogen-bond acceptors (Lipinski definition) is 3. The Balaban J connectivity index is 1.24. The van der Waals surface area contributed by atoms with Crippen LogP contribution in [-0.2, 0) is 5.41 Å². The van der Waals surface area contributed by atoms with Crippen LogP contribution in [0.5, 0.6) is 0 Å². The summed E-state index contributed by atoms with van der Waals surface area (Å²) in [7, 11) is 0. The fourth-order valence-electron chi connectivity index (χ4n) is 8.66. The second kappa shape index (κ2) is 10.7. The van der Waals surface area contributed by atoms with Crippen molar-refractivity contribution < 1.29 is 8.83 Å². The first-order valence-electron chi connectivity index (χ1n) is 17.9. The van der Waals surface area contributed by atoms with Crippen LogP contribution in [0.15, 0.2) is 173 Å². The first-order chi connectivity index (χ1) is 25.5. The Morgan fingerprint density at radius 2 is 1.12 bits per heavy atom. The van der Waals surface area contributed by atoms with Crippen molar-refractivity contribution >= 4 is 71.7 Å². The lowest BCUT2D eigenvalue weighted by molar-refractivity contribution is 0.660. The Labute approximate surface area is 301 Å². The van der Waals surface area contributed by atoms with Crippen LogP contribution < -0.4 is 4.90 Å². The summed E-state index contributed by atoms with van der Waals surface area (Å²) in [5.74, 6) is 0. The van der Waals surface area contributed by atoms with Gasteiger partial charge in [-0.3, -0.25) is 0 Å². The Morgan fingerprint density at radius 1 is 0.423 bits per heavy atom. The number of para-hydroxylation sites is 1. The smallest absolute Gasteiger partial charge is 0.159 e. The summed E-state index contributed by atoms with van der Waals surface area (Å²) in [6, 6.07) is 58.7. The van der Waals surface area contributed by atoms with Gasteiger partial charge in [0.15, 0.2) is 5.58 Å². The molecule has 2 heterocycles. The summed E-state index contributed by atoms with van der Waals surface area (Å²) in [6.07, 6.45) is 0. The monoisotopic (exact) mass is 667 g/mol.